The fourth-order valence-corrected chi connectivity index (χ4v) is 4.15. The maximum atomic E-state index is 9.34. The number of benzene rings is 1. The van der Waals surface area contributed by atoms with Gasteiger partial charge in [-0.25, -0.2) is 4.98 Å². The van der Waals surface area contributed by atoms with Gasteiger partial charge in [-0.3, -0.25) is 4.68 Å². The van der Waals surface area contributed by atoms with Gasteiger partial charge in [-0.1, -0.05) is 35.0 Å². The summed E-state index contributed by atoms with van der Waals surface area (Å²) in [6.45, 7) is 0.941. The Balaban J connectivity index is 1.45. The Morgan fingerprint density at radius 2 is 2.00 bits per heavy atom. The molecule has 2 unspecified atom stereocenters. The highest BCUT2D eigenvalue weighted by Crippen LogP contribution is 2.27. The Hall–Kier alpha value is -2.82. The second kappa shape index (κ2) is 8.37. The highest BCUT2D eigenvalue weighted by atomic mass is 35.5. The molecule has 5 rings (SSSR count). The first-order valence-electron chi connectivity index (χ1n) is 9.93. The number of aliphatic hydroxyl groups is 1. The first kappa shape index (κ1) is 20.1. The van der Waals surface area contributed by atoms with Crippen LogP contribution in [-0.2, 0) is 0 Å². The van der Waals surface area contributed by atoms with Crippen molar-refractivity contribution in [1.82, 2.24) is 25.1 Å². The van der Waals surface area contributed by atoms with Crippen LogP contribution in [0.4, 0.5) is 0 Å². The maximum Gasteiger partial charge on any atom is 0.138 e. The number of halogens is 2. The number of aliphatic hydroxyl groups excluding tert-OH is 1. The third-order valence-electron chi connectivity index (χ3n) is 5.52. The molecular weight excluding hydrogens is 433 g/mol. The molecule has 1 fully saturated rings. The SMILES string of the molecule is OCC1CC(n2cc(-c3cnc4[nH]cc(C#Cc5cc(Cl)ccc5Cl)c4c3)cn2)CN1. The topological polar surface area (TPSA) is 78.8 Å². The predicted molar refractivity (Wildman–Crippen MR) is 122 cm³/mol. The van der Waals surface area contributed by atoms with Crippen molar-refractivity contribution in [3.63, 3.8) is 0 Å². The molecule has 4 aromatic rings. The summed E-state index contributed by atoms with van der Waals surface area (Å²) in [7, 11) is 0. The smallest absolute Gasteiger partial charge is 0.138 e. The van der Waals surface area contributed by atoms with Crippen molar-refractivity contribution in [2.45, 2.75) is 18.5 Å². The highest BCUT2D eigenvalue weighted by Gasteiger charge is 2.25. The van der Waals surface area contributed by atoms with Gasteiger partial charge in [0.2, 0.25) is 0 Å². The van der Waals surface area contributed by atoms with Gasteiger partial charge >= 0.3 is 0 Å². The van der Waals surface area contributed by atoms with Crippen LogP contribution in [0.2, 0.25) is 10.0 Å². The summed E-state index contributed by atoms with van der Waals surface area (Å²) < 4.78 is 1.96. The minimum absolute atomic E-state index is 0.129. The summed E-state index contributed by atoms with van der Waals surface area (Å²) >= 11 is 12.3. The molecule has 0 saturated carbocycles. The van der Waals surface area contributed by atoms with E-state index in [9.17, 15) is 5.11 Å². The van der Waals surface area contributed by atoms with Gasteiger partial charge in [0.1, 0.15) is 5.65 Å². The lowest BCUT2D eigenvalue weighted by molar-refractivity contribution is 0.252. The highest BCUT2D eigenvalue weighted by molar-refractivity contribution is 6.33. The van der Waals surface area contributed by atoms with Gasteiger partial charge < -0.3 is 15.4 Å². The van der Waals surface area contributed by atoms with Crippen LogP contribution in [0.3, 0.4) is 0 Å². The number of aromatic nitrogens is 4. The number of rotatable bonds is 3. The molecule has 0 amide bonds. The molecule has 1 aromatic carbocycles. The lowest BCUT2D eigenvalue weighted by Crippen LogP contribution is -2.24. The maximum absolute atomic E-state index is 9.34. The number of hydrogen-bond acceptors (Lipinski definition) is 4. The number of aromatic amines is 1. The zero-order valence-corrected chi connectivity index (χ0v) is 18.0. The number of fused-ring (bicyclic) bond motifs is 1. The van der Waals surface area contributed by atoms with Crippen LogP contribution < -0.4 is 5.32 Å². The Morgan fingerprint density at radius 1 is 1.13 bits per heavy atom. The van der Waals surface area contributed by atoms with Crippen molar-refractivity contribution < 1.29 is 5.11 Å². The zero-order chi connectivity index (χ0) is 21.4. The molecule has 1 aliphatic rings. The van der Waals surface area contributed by atoms with E-state index >= 15 is 0 Å². The molecule has 31 heavy (non-hydrogen) atoms. The fourth-order valence-electron chi connectivity index (χ4n) is 3.82. The molecule has 4 heterocycles. The molecule has 1 saturated heterocycles. The number of nitrogens with one attached hydrogen (secondary N) is 2. The standard InChI is InChI=1S/C23H19Cl2N5O/c24-18-3-4-22(25)14(5-18)1-2-15-8-27-23-21(15)6-16(9-28-23)17-10-29-30(12-17)20-7-19(13-31)26-11-20/h3-6,8-10,12,19-20,26,31H,7,11,13H2,(H,27,28). The Morgan fingerprint density at radius 3 is 2.84 bits per heavy atom. The Labute approximate surface area is 189 Å². The van der Waals surface area contributed by atoms with Crippen LogP contribution in [-0.4, -0.2) is 44.0 Å². The largest absolute Gasteiger partial charge is 0.395 e. The summed E-state index contributed by atoms with van der Waals surface area (Å²) in [5.41, 5.74) is 4.23. The minimum atomic E-state index is 0.129. The molecule has 156 valence electrons. The van der Waals surface area contributed by atoms with Gasteiger partial charge in [-0.15, -0.1) is 0 Å². The van der Waals surface area contributed by atoms with E-state index in [1.54, 1.807) is 18.2 Å². The van der Waals surface area contributed by atoms with Gasteiger partial charge in [-0.05, 0) is 30.7 Å². The van der Waals surface area contributed by atoms with E-state index in [1.165, 1.54) is 0 Å². The van der Waals surface area contributed by atoms with E-state index in [0.29, 0.717) is 15.6 Å². The summed E-state index contributed by atoms with van der Waals surface area (Å²) in [5, 5.41) is 19.3. The van der Waals surface area contributed by atoms with Crippen LogP contribution >= 0.6 is 23.2 Å². The second-order valence-electron chi connectivity index (χ2n) is 7.58. The first-order chi connectivity index (χ1) is 15.1. The number of pyridine rings is 1. The summed E-state index contributed by atoms with van der Waals surface area (Å²) in [5.74, 6) is 6.28. The van der Waals surface area contributed by atoms with Crippen LogP contribution in [0, 0.1) is 11.8 Å². The van der Waals surface area contributed by atoms with E-state index < -0.39 is 0 Å². The van der Waals surface area contributed by atoms with Crippen LogP contribution in [0.1, 0.15) is 23.6 Å². The average molecular weight is 452 g/mol. The number of H-pyrrole nitrogens is 1. The van der Waals surface area contributed by atoms with Gasteiger partial charge in [-0.2, -0.15) is 5.10 Å². The van der Waals surface area contributed by atoms with Crippen molar-refractivity contribution in [3.8, 4) is 23.0 Å². The van der Waals surface area contributed by atoms with Crippen molar-refractivity contribution >= 4 is 34.2 Å². The lowest BCUT2D eigenvalue weighted by atomic mass is 10.1. The quantitative estimate of drug-likeness (QED) is 0.411. The molecule has 0 spiro atoms. The Bertz CT molecular complexity index is 1320. The minimum Gasteiger partial charge on any atom is -0.395 e. The monoisotopic (exact) mass is 451 g/mol. The third kappa shape index (κ3) is 4.06. The molecule has 0 bridgehead atoms. The molecule has 0 radical (unpaired) electrons. The second-order valence-corrected chi connectivity index (χ2v) is 8.43. The predicted octanol–water partition coefficient (Wildman–Crippen LogP) is 4.03. The Kier molecular flexibility index (Phi) is 5.43. The van der Waals surface area contributed by atoms with Crippen molar-refractivity contribution in [1.29, 1.82) is 0 Å². The van der Waals surface area contributed by atoms with E-state index in [0.717, 1.165) is 40.7 Å². The van der Waals surface area contributed by atoms with Crippen LogP contribution in [0.25, 0.3) is 22.2 Å². The summed E-state index contributed by atoms with van der Waals surface area (Å²) in [4.78, 5) is 7.71. The van der Waals surface area contributed by atoms with E-state index in [2.05, 4.69) is 38.3 Å². The van der Waals surface area contributed by atoms with Gasteiger partial charge in [0, 0.05) is 58.3 Å². The fraction of sp³-hybridized carbons (Fsp3) is 0.217. The molecule has 1 aliphatic heterocycles. The van der Waals surface area contributed by atoms with Crippen LogP contribution in [0.15, 0.2) is 49.1 Å². The first-order valence-corrected chi connectivity index (χ1v) is 10.7. The summed E-state index contributed by atoms with van der Waals surface area (Å²) in [6.07, 6.45) is 8.40. The molecule has 2 atom stereocenters. The third-order valence-corrected chi connectivity index (χ3v) is 6.08. The van der Waals surface area contributed by atoms with E-state index in [1.807, 2.05) is 29.5 Å². The molecule has 0 aliphatic carbocycles. The van der Waals surface area contributed by atoms with Gasteiger partial charge in [0.25, 0.3) is 0 Å². The van der Waals surface area contributed by atoms with E-state index in [-0.39, 0.29) is 18.7 Å². The summed E-state index contributed by atoms with van der Waals surface area (Å²) in [6, 6.07) is 7.66. The van der Waals surface area contributed by atoms with Gasteiger partial charge in [0.05, 0.1) is 29.4 Å². The van der Waals surface area contributed by atoms with Crippen LogP contribution in [0.5, 0.6) is 0 Å². The van der Waals surface area contributed by atoms with Gasteiger partial charge in [0.15, 0.2) is 0 Å². The molecule has 3 aromatic heterocycles. The molecule has 8 heteroatoms. The normalized spacial score (nSPS) is 18.3. The van der Waals surface area contributed by atoms with Crippen molar-refractivity contribution in [3.05, 3.63) is 70.2 Å². The molecular formula is C23H19Cl2N5O. The number of hydrogen-bond donors (Lipinski definition) is 3. The lowest BCUT2D eigenvalue weighted by Gasteiger charge is -2.08. The van der Waals surface area contributed by atoms with Crippen molar-refractivity contribution in [2.75, 3.05) is 13.2 Å². The van der Waals surface area contributed by atoms with Crippen molar-refractivity contribution in [2.24, 2.45) is 0 Å². The molecule has 3 N–H and O–H groups in total. The average Bonchev–Trinajstić information content (AvgIpc) is 3.53. The zero-order valence-electron chi connectivity index (χ0n) is 16.4. The van der Waals surface area contributed by atoms with E-state index in [4.69, 9.17) is 23.2 Å². The number of nitrogens with zero attached hydrogens (tertiary/aromatic N) is 3. The molecule has 6 nitrogen and oxygen atoms in total.